The summed E-state index contributed by atoms with van der Waals surface area (Å²) in [6, 6.07) is 14.1. The number of aromatic nitrogens is 2. The molecular weight excluding hydrogens is 502 g/mol. The lowest BCUT2D eigenvalue weighted by Gasteiger charge is -2.12. The van der Waals surface area contributed by atoms with Crippen molar-refractivity contribution in [1.82, 2.24) is 9.66 Å². The Balaban J connectivity index is 1.86. The van der Waals surface area contributed by atoms with E-state index >= 15 is 0 Å². The molecule has 0 aliphatic carbocycles. The summed E-state index contributed by atoms with van der Waals surface area (Å²) >= 11 is 12.5. The zero-order valence-electron chi connectivity index (χ0n) is 17.9. The number of para-hydroxylation sites is 1. The van der Waals surface area contributed by atoms with Gasteiger partial charge < -0.3 is 4.74 Å². The predicted octanol–water partition coefficient (Wildman–Crippen LogP) is 6.84. The number of halogens is 5. The molecule has 0 bridgehead atoms. The van der Waals surface area contributed by atoms with Gasteiger partial charge in [-0.1, -0.05) is 60.1 Å². The van der Waals surface area contributed by atoms with Crippen LogP contribution in [0, 0.1) is 0 Å². The van der Waals surface area contributed by atoms with Crippen LogP contribution in [-0.4, -0.2) is 22.5 Å². The molecular formula is C25H16Cl2F3N3O2. The molecule has 0 radical (unpaired) electrons. The summed E-state index contributed by atoms with van der Waals surface area (Å²) in [5, 5.41) is 4.91. The molecule has 0 spiro atoms. The van der Waals surface area contributed by atoms with Gasteiger partial charge in [0, 0.05) is 5.56 Å². The van der Waals surface area contributed by atoms with Crippen LogP contribution in [0.3, 0.4) is 0 Å². The lowest BCUT2D eigenvalue weighted by atomic mass is 10.1. The molecule has 10 heteroatoms. The second-order valence-corrected chi connectivity index (χ2v) is 8.12. The Kier molecular flexibility index (Phi) is 6.95. The minimum absolute atomic E-state index is 0.0563. The zero-order chi connectivity index (χ0) is 25.2. The Bertz CT molecular complexity index is 1490. The van der Waals surface area contributed by atoms with Crippen LogP contribution < -0.4 is 10.3 Å². The summed E-state index contributed by atoms with van der Waals surface area (Å²) in [6.07, 6.45) is -1.72. The Hall–Kier alpha value is -3.62. The van der Waals surface area contributed by atoms with Crippen molar-refractivity contribution < 1.29 is 17.9 Å². The van der Waals surface area contributed by atoms with Gasteiger partial charge in [-0.3, -0.25) is 4.79 Å². The first-order valence-electron chi connectivity index (χ1n) is 10.2. The number of nitrogens with zero attached hydrogens (tertiary/aromatic N) is 3. The molecule has 0 saturated carbocycles. The van der Waals surface area contributed by atoms with Crippen LogP contribution in [0.15, 0.2) is 83.2 Å². The number of ether oxygens (including phenoxy) is 1. The Morgan fingerprint density at radius 2 is 1.77 bits per heavy atom. The summed E-state index contributed by atoms with van der Waals surface area (Å²) in [5.41, 5.74) is -0.597. The van der Waals surface area contributed by atoms with E-state index < -0.39 is 17.3 Å². The number of benzene rings is 3. The average molecular weight is 518 g/mol. The summed E-state index contributed by atoms with van der Waals surface area (Å²) in [5.74, 6) is 0.207. The number of hydrogen-bond donors (Lipinski definition) is 0. The zero-order valence-corrected chi connectivity index (χ0v) is 19.4. The summed E-state index contributed by atoms with van der Waals surface area (Å²) in [6.45, 7) is 3.76. The SMILES string of the molecule is C=CCOc1c(Cl)cc(C=Nn2c(-c3cccc(C(F)(F)F)c3)nc3ccccc3c2=O)cc1Cl. The highest BCUT2D eigenvalue weighted by Crippen LogP contribution is 2.34. The predicted molar refractivity (Wildman–Crippen MR) is 132 cm³/mol. The Morgan fingerprint density at radius 3 is 2.46 bits per heavy atom. The standard InChI is InChI=1S/C25H16Cl2F3N3O2/c1-2-10-35-22-19(26)11-15(12-20(22)27)14-31-33-23(16-6-5-7-17(13-16)25(28,29)30)32-21-9-4-3-8-18(21)24(33)34/h2-9,11-14H,1,10H2. The molecule has 0 aliphatic heterocycles. The molecule has 5 nitrogen and oxygen atoms in total. The van der Waals surface area contributed by atoms with Crippen molar-refractivity contribution in [2.45, 2.75) is 6.18 Å². The van der Waals surface area contributed by atoms with Crippen LogP contribution in [0.4, 0.5) is 13.2 Å². The number of alkyl halides is 3. The molecule has 4 rings (SSSR count). The van der Waals surface area contributed by atoms with Gasteiger partial charge in [0.2, 0.25) is 0 Å². The molecule has 0 fully saturated rings. The Morgan fingerprint density at radius 1 is 1.06 bits per heavy atom. The van der Waals surface area contributed by atoms with Crippen molar-refractivity contribution >= 4 is 40.3 Å². The van der Waals surface area contributed by atoms with E-state index in [-0.39, 0.29) is 39.2 Å². The van der Waals surface area contributed by atoms with Gasteiger partial charge >= 0.3 is 6.18 Å². The first kappa shape index (κ1) is 24.5. The third kappa shape index (κ3) is 5.23. The summed E-state index contributed by atoms with van der Waals surface area (Å²) in [4.78, 5) is 17.7. The lowest BCUT2D eigenvalue weighted by Crippen LogP contribution is -2.20. The summed E-state index contributed by atoms with van der Waals surface area (Å²) in [7, 11) is 0. The van der Waals surface area contributed by atoms with E-state index in [0.29, 0.717) is 11.1 Å². The third-order valence-electron chi connectivity index (χ3n) is 4.89. The smallest absolute Gasteiger partial charge is 0.416 e. The van der Waals surface area contributed by atoms with E-state index in [4.69, 9.17) is 27.9 Å². The maximum Gasteiger partial charge on any atom is 0.416 e. The van der Waals surface area contributed by atoms with Crippen LogP contribution >= 0.6 is 23.2 Å². The molecule has 0 N–H and O–H groups in total. The molecule has 178 valence electrons. The monoisotopic (exact) mass is 517 g/mol. The highest BCUT2D eigenvalue weighted by Gasteiger charge is 2.31. The second kappa shape index (κ2) is 9.93. The van der Waals surface area contributed by atoms with Gasteiger partial charge in [0.05, 0.1) is 32.7 Å². The molecule has 0 unspecified atom stereocenters. The molecule has 1 aromatic heterocycles. The van der Waals surface area contributed by atoms with Crippen LogP contribution in [0.5, 0.6) is 5.75 Å². The van der Waals surface area contributed by atoms with Crippen LogP contribution in [0.1, 0.15) is 11.1 Å². The van der Waals surface area contributed by atoms with Gasteiger partial charge in [0.25, 0.3) is 5.56 Å². The van der Waals surface area contributed by atoms with Gasteiger partial charge in [0.15, 0.2) is 11.6 Å². The Labute approximate surface area is 207 Å². The maximum absolute atomic E-state index is 13.3. The first-order valence-corrected chi connectivity index (χ1v) is 10.9. The van der Waals surface area contributed by atoms with E-state index in [1.54, 1.807) is 24.3 Å². The highest BCUT2D eigenvalue weighted by atomic mass is 35.5. The van der Waals surface area contributed by atoms with Gasteiger partial charge in [-0.05, 0) is 42.0 Å². The fourth-order valence-electron chi connectivity index (χ4n) is 3.31. The molecule has 4 aromatic rings. The average Bonchev–Trinajstić information content (AvgIpc) is 2.82. The van der Waals surface area contributed by atoms with Crippen molar-refractivity contribution in [2.24, 2.45) is 5.10 Å². The molecule has 1 heterocycles. The molecule has 3 aromatic carbocycles. The molecule has 0 atom stereocenters. The minimum atomic E-state index is -4.57. The van der Waals surface area contributed by atoms with Crippen molar-refractivity contribution in [3.8, 4) is 17.1 Å². The number of fused-ring (bicyclic) bond motifs is 1. The fourth-order valence-corrected chi connectivity index (χ4v) is 3.92. The number of rotatable bonds is 6. The van der Waals surface area contributed by atoms with Crippen LogP contribution in [-0.2, 0) is 6.18 Å². The van der Waals surface area contributed by atoms with Crippen molar-refractivity contribution in [2.75, 3.05) is 6.61 Å². The normalized spacial score (nSPS) is 11.8. The van der Waals surface area contributed by atoms with Gasteiger partial charge in [-0.2, -0.15) is 22.9 Å². The van der Waals surface area contributed by atoms with Crippen LogP contribution in [0.2, 0.25) is 10.0 Å². The lowest BCUT2D eigenvalue weighted by molar-refractivity contribution is -0.137. The van der Waals surface area contributed by atoms with E-state index in [2.05, 4.69) is 16.7 Å². The van der Waals surface area contributed by atoms with E-state index in [0.717, 1.165) is 16.8 Å². The first-order chi connectivity index (χ1) is 16.7. The molecule has 0 amide bonds. The maximum atomic E-state index is 13.3. The van der Waals surface area contributed by atoms with Gasteiger partial charge in [0.1, 0.15) is 6.61 Å². The fraction of sp³-hybridized carbons (Fsp3) is 0.0800. The van der Waals surface area contributed by atoms with Gasteiger partial charge in [-0.15, -0.1) is 0 Å². The van der Waals surface area contributed by atoms with Crippen LogP contribution in [0.25, 0.3) is 22.3 Å². The largest absolute Gasteiger partial charge is 0.486 e. The topological polar surface area (TPSA) is 56.5 Å². The second-order valence-electron chi connectivity index (χ2n) is 7.31. The van der Waals surface area contributed by atoms with Crippen molar-refractivity contribution in [3.05, 3.63) is 105 Å². The molecule has 35 heavy (non-hydrogen) atoms. The minimum Gasteiger partial charge on any atom is -0.486 e. The van der Waals surface area contributed by atoms with Crippen molar-refractivity contribution in [3.63, 3.8) is 0 Å². The number of hydrogen-bond acceptors (Lipinski definition) is 4. The van der Waals surface area contributed by atoms with E-state index in [1.165, 1.54) is 36.6 Å². The van der Waals surface area contributed by atoms with Crippen molar-refractivity contribution in [1.29, 1.82) is 0 Å². The third-order valence-corrected chi connectivity index (χ3v) is 5.45. The summed E-state index contributed by atoms with van der Waals surface area (Å²) < 4.78 is 46.3. The molecule has 0 saturated heterocycles. The van der Waals surface area contributed by atoms with Gasteiger partial charge in [-0.25, -0.2) is 4.98 Å². The van der Waals surface area contributed by atoms with E-state index in [1.807, 2.05) is 0 Å². The highest BCUT2D eigenvalue weighted by molar-refractivity contribution is 6.37. The quantitative estimate of drug-likeness (QED) is 0.208. The van der Waals surface area contributed by atoms with E-state index in [9.17, 15) is 18.0 Å². The molecule has 0 aliphatic rings.